The molecule has 1 aromatic rings. The van der Waals surface area contributed by atoms with Gasteiger partial charge >= 0.3 is 0 Å². The quantitative estimate of drug-likeness (QED) is 0.917. The first-order valence-corrected chi connectivity index (χ1v) is 8.52. The van der Waals surface area contributed by atoms with Gasteiger partial charge in [-0.1, -0.05) is 34.1 Å². The molecule has 1 atom stereocenters. The van der Waals surface area contributed by atoms with Crippen molar-refractivity contribution in [2.75, 3.05) is 31.1 Å². The third-order valence-electron chi connectivity index (χ3n) is 3.33. The van der Waals surface area contributed by atoms with E-state index in [9.17, 15) is 4.21 Å². The number of benzene rings is 1. The van der Waals surface area contributed by atoms with Crippen LogP contribution in [-0.2, 0) is 10.8 Å². The van der Waals surface area contributed by atoms with E-state index in [-0.39, 0.29) is 6.04 Å². The largest absolute Gasteiger partial charge is 0.324 e. The molecule has 1 fully saturated rings. The summed E-state index contributed by atoms with van der Waals surface area (Å²) in [5.74, 6) is 1.62. The summed E-state index contributed by atoms with van der Waals surface area (Å²) in [6.45, 7) is 2.87. The second-order valence-electron chi connectivity index (χ2n) is 4.61. The molecule has 1 unspecified atom stereocenters. The number of hydrogen-bond donors (Lipinski definition) is 1. The number of halogens is 1. The van der Waals surface area contributed by atoms with Gasteiger partial charge in [-0.2, -0.15) is 0 Å². The van der Waals surface area contributed by atoms with Crippen LogP contribution in [0, 0.1) is 0 Å². The lowest BCUT2D eigenvalue weighted by molar-refractivity contribution is 0.287. The molecular weight excluding hydrogens is 312 g/mol. The Hall–Kier alpha value is -0.230. The van der Waals surface area contributed by atoms with Gasteiger partial charge in [0.25, 0.3) is 0 Å². The summed E-state index contributed by atoms with van der Waals surface area (Å²) >= 11 is 3.54. The van der Waals surface area contributed by atoms with Gasteiger partial charge in [-0.05, 0) is 18.1 Å². The maximum absolute atomic E-state index is 11.3. The molecular formula is C13H19BrN2OS. The van der Waals surface area contributed by atoms with Gasteiger partial charge in [0.05, 0.1) is 0 Å². The lowest BCUT2D eigenvalue weighted by atomic mass is 10.0. The molecule has 0 aliphatic carbocycles. The SMILES string of the molecule is NC(CCN1CCS(=O)CC1)c1ccccc1Br. The average molecular weight is 331 g/mol. The molecule has 0 bridgehead atoms. The molecule has 0 radical (unpaired) electrons. The van der Waals surface area contributed by atoms with Crippen LogP contribution in [0.15, 0.2) is 28.7 Å². The van der Waals surface area contributed by atoms with Crippen LogP contribution in [0.5, 0.6) is 0 Å². The highest BCUT2D eigenvalue weighted by Crippen LogP contribution is 2.23. The van der Waals surface area contributed by atoms with Gasteiger partial charge < -0.3 is 10.6 Å². The Labute approximate surface area is 119 Å². The summed E-state index contributed by atoms with van der Waals surface area (Å²) in [6.07, 6.45) is 0.940. The maximum atomic E-state index is 11.3. The molecule has 1 aliphatic rings. The summed E-state index contributed by atoms with van der Waals surface area (Å²) in [5, 5.41) is 0. The normalized spacial score (nSPS) is 19.9. The Morgan fingerprint density at radius 1 is 1.33 bits per heavy atom. The van der Waals surface area contributed by atoms with Crippen LogP contribution in [0.3, 0.4) is 0 Å². The molecule has 0 aromatic heterocycles. The minimum absolute atomic E-state index is 0.0630. The fraction of sp³-hybridized carbons (Fsp3) is 0.538. The molecule has 2 rings (SSSR count). The van der Waals surface area contributed by atoms with Crippen molar-refractivity contribution in [3.05, 3.63) is 34.3 Å². The number of rotatable bonds is 4. The standard InChI is InChI=1S/C13H19BrN2OS/c14-12-4-2-1-3-11(12)13(15)5-6-16-7-9-18(17)10-8-16/h1-4,13H,5-10,15H2. The van der Waals surface area contributed by atoms with Crippen LogP contribution in [0.1, 0.15) is 18.0 Å². The van der Waals surface area contributed by atoms with Crippen molar-refractivity contribution in [1.29, 1.82) is 0 Å². The Morgan fingerprint density at radius 2 is 2.00 bits per heavy atom. The van der Waals surface area contributed by atoms with Crippen molar-refractivity contribution < 1.29 is 4.21 Å². The zero-order valence-corrected chi connectivity index (χ0v) is 12.8. The fourth-order valence-electron chi connectivity index (χ4n) is 2.15. The van der Waals surface area contributed by atoms with Crippen molar-refractivity contribution in [2.24, 2.45) is 5.73 Å². The number of nitrogens with zero attached hydrogens (tertiary/aromatic N) is 1. The van der Waals surface area contributed by atoms with Gasteiger partial charge in [0, 0.05) is 52.5 Å². The predicted molar refractivity (Wildman–Crippen MR) is 80.0 cm³/mol. The Bertz CT molecular complexity index is 417. The summed E-state index contributed by atoms with van der Waals surface area (Å²) < 4.78 is 12.3. The minimum Gasteiger partial charge on any atom is -0.324 e. The lowest BCUT2D eigenvalue weighted by Crippen LogP contribution is -2.39. The van der Waals surface area contributed by atoms with E-state index >= 15 is 0 Å². The monoisotopic (exact) mass is 330 g/mol. The highest BCUT2D eigenvalue weighted by Gasteiger charge is 2.16. The van der Waals surface area contributed by atoms with Crippen molar-refractivity contribution in [3.8, 4) is 0 Å². The molecule has 3 nitrogen and oxygen atoms in total. The van der Waals surface area contributed by atoms with Crippen molar-refractivity contribution in [2.45, 2.75) is 12.5 Å². The second-order valence-corrected chi connectivity index (χ2v) is 7.16. The molecule has 1 heterocycles. The van der Waals surface area contributed by atoms with E-state index in [1.807, 2.05) is 18.2 Å². The van der Waals surface area contributed by atoms with Crippen LogP contribution in [-0.4, -0.2) is 40.2 Å². The van der Waals surface area contributed by atoms with Gasteiger partial charge in [-0.3, -0.25) is 4.21 Å². The van der Waals surface area contributed by atoms with Crippen LogP contribution in [0.4, 0.5) is 0 Å². The van der Waals surface area contributed by atoms with Crippen molar-refractivity contribution in [3.63, 3.8) is 0 Å². The first kappa shape index (κ1) is 14.2. The first-order chi connectivity index (χ1) is 8.66. The molecule has 0 amide bonds. The van der Waals surface area contributed by atoms with Crippen LogP contribution in [0.2, 0.25) is 0 Å². The van der Waals surface area contributed by atoms with E-state index in [1.54, 1.807) is 0 Å². The lowest BCUT2D eigenvalue weighted by Gasteiger charge is -2.27. The third kappa shape index (κ3) is 3.88. The summed E-state index contributed by atoms with van der Waals surface area (Å²) in [7, 11) is -0.595. The van der Waals surface area contributed by atoms with E-state index in [4.69, 9.17) is 5.73 Å². The molecule has 1 aliphatic heterocycles. The number of nitrogens with two attached hydrogens (primary N) is 1. The zero-order chi connectivity index (χ0) is 13.0. The second kappa shape index (κ2) is 6.80. The Kier molecular flexibility index (Phi) is 5.36. The average Bonchev–Trinajstić information content (AvgIpc) is 2.38. The minimum atomic E-state index is -0.595. The van der Waals surface area contributed by atoms with E-state index < -0.39 is 10.8 Å². The highest BCUT2D eigenvalue weighted by atomic mass is 79.9. The van der Waals surface area contributed by atoms with Gasteiger partial charge in [0.2, 0.25) is 0 Å². The molecule has 18 heavy (non-hydrogen) atoms. The summed E-state index contributed by atoms with van der Waals surface area (Å²) in [4.78, 5) is 2.36. The van der Waals surface area contributed by atoms with Gasteiger partial charge in [0.1, 0.15) is 0 Å². The van der Waals surface area contributed by atoms with Gasteiger partial charge in [0.15, 0.2) is 0 Å². The predicted octanol–water partition coefficient (Wildman–Crippen LogP) is 1.90. The van der Waals surface area contributed by atoms with Crippen LogP contribution >= 0.6 is 15.9 Å². The summed E-state index contributed by atoms with van der Waals surface area (Å²) in [5.41, 5.74) is 7.39. The Balaban J connectivity index is 1.83. The molecule has 1 aromatic carbocycles. The molecule has 2 N–H and O–H groups in total. The van der Waals surface area contributed by atoms with Gasteiger partial charge in [-0.25, -0.2) is 0 Å². The number of hydrogen-bond acceptors (Lipinski definition) is 3. The zero-order valence-electron chi connectivity index (χ0n) is 10.3. The third-order valence-corrected chi connectivity index (χ3v) is 5.33. The highest BCUT2D eigenvalue weighted by molar-refractivity contribution is 9.10. The van der Waals surface area contributed by atoms with Crippen molar-refractivity contribution in [1.82, 2.24) is 4.90 Å². The first-order valence-electron chi connectivity index (χ1n) is 6.24. The molecule has 0 saturated carbocycles. The fourth-order valence-corrected chi connectivity index (χ4v) is 3.86. The molecule has 5 heteroatoms. The maximum Gasteiger partial charge on any atom is 0.0363 e. The summed E-state index contributed by atoms with van der Waals surface area (Å²) in [6, 6.07) is 8.18. The molecule has 0 spiro atoms. The van der Waals surface area contributed by atoms with E-state index in [2.05, 4.69) is 26.9 Å². The van der Waals surface area contributed by atoms with Gasteiger partial charge in [-0.15, -0.1) is 0 Å². The molecule has 1 saturated heterocycles. The molecule has 100 valence electrons. The van der Waals surface area contributed by atoms with Crippen LogP contribution in [0.25, 0.3) is 0 Å². The topological polar surface area (TPSA) is 46.3 Å². The van der Waals surface area contributed by atoms with E-state index in [1.165, 1.54) is 0 Å². The smallest absolute Gasteiger partial charge is 0.0363 e. The van der Waals surface area contributed by atoms with E-state index in [0.717, 1.165) is 47.6 Å². The Morgan fingerprint density at radius 3 is 2.67 bits per heavy atom. The van der Waals surface area contributed by atoms with Crippen molar-refractivity contribution >= 4 is 26.7 Å². The van der Waals surface area contributed by atoms with Crippen LogP contribution < -0.4 is 5.73 Å². The van der Waals surface area contributed by atoms with E-state index in [0.29, 0.717) is 0 Å².